The predicted octanol–water partition coefficient (Wildman–Crippen LogP) is 13.8. The molecule has 5 aromatic heterocycles. The summed E-state index contributed by atoms with van der Waals surface area (Å²) in [5.74, 6) is 1.34. The third-order valence-electron chi connectivity index (χ3n) is 23.9. The lowest BCUT2D eigenvalue weighted by atomic mass is 9.86. The van der Waals surface area contributed by atoms with Crippen LogP contribution in [0.15, 0.2) is 133 Å². The fraction of sp³-hybridized carbons (Fsp3) is 0.533. The number of aromatic nitrogens is 6. The molecule has 2 N–H and O–H groups in total. The van der Waals surface area contributed by atoms with Gasteiger partial charge in [0.2, 0.25) is 5.91 Å². The molecule has 11 heterocycles. The second kappa shape index (κ2) is 41.0. The number of nitrogens with zero attached hydrogens (tertiary/aromatic N) is 15. The van der Waals surface area contributed by atoms with Crippen molar-refractivity contribution >= 4 is 90.2 Å². The molecule has 6 fully saturated rings. The van der Waals surface area contributed by atoms with Gasteiger partial charge in [0.15, 0.2) is 5.13 Å². The number of amides is 2. The molecule has 26 nitrogen and oxygen atoms in total. The van der Waals surface area contributed by atoms with Gasteiger partial charge in [-0.15, -0.1) is 11.3 Å². The minimum atomic E-state index is -0.998. The van der Waals surface area contributed by atoms with Gasteiger partial charge in [-0.05, 0) is 189 Å². The molecule has 4 aromatic carbocycles. The maximum atomic E-state index is 13.3. The molecule has 2 atom stereocenters. The number of hydrogen-bond acceptors (Lipinski definition) is 23. The van der Waals surface area contributed by atoms with Crippen LogP contribution in [0.25, 0.3) is 38.4 Å². The van der Waals surface area contributed by atoms with Crippen molar-refractivity contribution in [3.05, 3.63) is 156 Å². The number of piperidine rings is 1. The average molecular weight is 1650 g/mol. The van der Waals surface area contributed by atoms with Crippen LogP contribution >= 0.6 is 11.3 Å². The Hall–Kier alpha value is -9.77. The van der Waals surface area contributed by atoms with Crippen molar-refractivity contribution < 1.29 is 48.0 Å². The van der Waals surface area contributed by atoms with E-state index in [4.69, 9.17) is 43.7 Å². The van der Waals surface area contributed by atoms with E-state index < -0.39 is 17.0 Å². The highest BCUT2D eigenvalue weighted by Crippen LogP contribution is 2.42. The van der Waals surface area contributed by atoms with E-state index >= 15 is 0 Å². The molecule has 2 amide bonds. The lowest BCUT2D eigenvalue weighted by Crippen LogP contribution is -2.49. The number of aryl methyl sites for hydroxylation is 1. The van der Waals surface area contributed by atoms with Gasteiger partial charge in [0, 0.05) is 183 Å². The van der Waals surface area contributed by atoms with Crippen molar-refractivity contribution in [2.24, 2.45) is 11.3 Å². The molecule has 0 saturated carbocycles. The number of carboxylic acids is 1. The SMILES string of the molecule is CC(C)c1cc(N2CCCN(C(CC(=O)NCCN3CCCC3)c3csc(N4CCOCC4)n3)CC2)c2ncccc2c1.COC(=O)CC(C1CCN(C(=O)OC(C)(C)C)CC1)N1CCCN(c2c(OC)ccc3cccnc23)CC1.Cc1cc2cccnc2c(N2CCCN(Cc3ccn(-c4ccccc4)n3)CC2)c1OCC(C)(C)C(=O)O. The summed E-state index contributed by atoms with van der Waals surface area (Å²) >= 11 is 1.69. The number of benzene rings is 4. The number of esters is 1. The van der Waals surface area contributed by atoms with E-state index in [1.807, 2.05) is 99.5 Å². The van der Waals surface area contributed by atoms with Gasteiger partial charge in [-0.3, -0.25) is 44.0 Å². The van der Waals surface area contributed by atoms with Crippen LogP contribution in [0.4, 0.5) is 27.0 Å². The third kappa shape index (κ3) is 22.8. The third-order valence-corrected chi connectivity index (χ3v) is 24.8. The molecule has 9 aromatic rings. The van der Waals surface area contributed by atoms with Crippen LogP contribution in [-0.4, -0.2) is 260 Å². The Bertz CT molecular complexity index is 4830. The van der Waals surface area contributed by atoms with Crippen molar-refractivity contribution in [2.75, 3.05) is 185 Å². The summed E-state index contributed by atoms with van der Waals surface area (Å²) in [6.45, 7) is 35.4. The van der Waals surface area contributed by atoms with Crippen molar-refractivity contribution in [2.45, 2.75) is 143 Å². The number of para-hydroxylation sites is 1. The summed E-state index contributed by atoms with van der Waals surface area (Å²) in [7, 11) is 3.15. The van der Waals surface area contributed by atoms with Crippen molar-refractivity contribution in [3.63, 3.8) is 0 Å². The standard InChI is InChI=1S/C33H47N7O2S.C30H35N5O3.C29H42N4O5/c1-25(2)27-21-26-7-5-8-35-32(26)30(22-27)39-13-6-12-38(15-16-39)29(23-31(41)34-9-14-37-10-3-4-11-37)28-24-43-33(36-28)40-17-19-42-20-18-40;1-22-19-23-9-7-13-31-26(23)27(28(22)38-21-30(2,3)29(36)37)34-15-8-14-33(17-18-34)20-24-12-16-35(32-24)25-10-5-4-6-11-25;1-29(2,3)38-28(35)33-16-11-21(12-17-33)23(20-25(34)37-5)31-14-7-15-32(19-18-31)27-24(36-4)10-9-22-8-6-13-30-26(22)27/h5,7-8,21-22,24-25,29H,3-4,6,9-20,23H2,1-2H3,(H,34,41);4-7,9-13,16,19H,8,14-15,17-18,20-21H2,1-3H3,(H,36,37);6,8-10,13,21,23H,7,11-12,14-20H2,1-5H3. The highest BCUT2D eigenvalue weighted by atomic mass is 32.1. The molecule has 27 heteroatoms. The number of nitrogens with one attached hydrogen (secondary N) is 1. The molecular weight excluding hydrogens is 1520 g/mol. The second-order valence-electron chi connectivity index (χ2n) is 34.3. The zero-order chi connectivity index (χ0) is 83.6. The Balaban J connectivity index is 0.000000155. The molecule has 0 radical (unpaired) electrons. The molecule has 15 rings (SSSR count). The number of morpholine rings is 1. The number of pyridine rings is 3. The molecule has 0 spiro atoms. The van der Waals surface area contributed by atoms with E-state index in [1.165, 1.54) is 36.6 Å². The number of likely N-dealkylation sites (tertiary alicyclic amines) is 2. The van der Waals surface area contributed by atoms with Crippen LogP contribution in [0.1, 0.15) is 141 Å². The first-order chi connectivity index (χ1) is 57.6. The number of aliphatic carboxylic acids is 1. The number of carboxylic acid groups (broad SMARTS) is 1. The van der Waals surface area contributed by atoms with E-state index in [0.29, 0.717) is 44.3 Å². The van der Waals surface area contributed by atoms with Crippen LogP contribution in [0, 0.1) is 18.3 Å². The molecule has 2 unspecified atom stereocenters. The lowest BCUT2D eigenvalue weighted by Gasteiger charge is -2.40. The number of rotatable bonds is 24. The Morgan fingerprint density at radius 3 is 1.97 bits per heavy atom. The van der Waals surface area contributed by atoms with Crippen molar-refractivity contribution in [1.82, 2.24) is 59.5 Å². The summed E-state index contributed by atoms with van der Waals surface area (Å²) in [6.07, 6.45) is 15.2. The first-order valence-electron chi connectivity index (χ1n) is 43.0. The first kappa shape index (κ1) is 87.1. The van der Waals surface area contributed by atoms with E-state index in [0.717, 1.165) is 241 Å². The largest absolute Gasteiger partial charge is 0.494 e. The van der Waals surface area contributed by atoms with E-state index in [2.05, 4.69) is 123 Å². The Morgan fingerprint density at radius 2 is 1.27 bits per heavy atom. The van der Waals surface area contributed by atoms with Gasteiger partial charge in [-0.1, -0.05) is 50.2 Å². The molecule has 6 saturated heterocycles. The maximum absolute atomic E-state index is 13.3. The molecule has 6 aliphatic heterocycles. The van der Waals surface area contributed by atoms with Crippen molar-refractivity contribution in [3.8, 4) is 17.2 Å². The van der Waals surface area contributed by atoms with Gasteiger partial charge in [0.1, 0.15) is 35.1 Å². The molecule has 6 aliphatic rings. The van der Waals surface area contributed by atoms with Crippen LogP contribution in [0.5, 0.6) is 11.5 Å². The van der Waals surface area contributed by atoms with E-state index in [-0.39, 0.29) is 36.7 Å². The summed E-state index contributed by atoms with van der Waals surface area (Å²) in [5, 5.41) is 24.2. The molecular formula is C92H124N16O10S. The lowest BCUT2D eigenvalue weighted by molar-refractivity contribution is -0.148. The number of methoxy groups -OCH3 is 2. The van der Waals surface area contributed by atoms with Crippen LogP contribution in [0.3, 0.4) is 0 Å². The zero-order valence-corrected chi connectivity index (χ0v) is 72.4. The van der Waals surface area contributed by atoms with Crippen LogP contribution in [0.2, 0.25) is 0 Å². The molecule has 0 bridgehead atoms. The smallest absolute Gasteiger partial charge is 0.410 e. The van der Waals surface area contributed by atoms with Gasteiger partial charge in [-0.25, -0.2) is 14.5 Å². The van der Waals surface area contributed by atoms with E-state index in [9.17, 15) is 24.3 Å². The Labute approximate surface area is 706 Å². The number of thiazole rings is 1. The topological polar surface area (TPSA) is 245 Å². The van der Waals surface area contributed by atoms with Crippen LogP contribution < -0.4 is 34.4 Å². The fourth-order valence-electron chi connectivity index (χ4n) is 17.2. The van der Waals surface area contributed by atoms with E-state index in [1.54, 1.807) is 43.4 Å². The number of ether oxygens (including phenoxy) is 5. The molecule has 119 heavy (non-hydrogen) atoms. The highest BCUT2D eigenvalue weighted by Gasteiger charge is 2.38. The number of hydrogen-bond donors (Lipinski definition) is 2. The number of carbonyl (C=O) groups is 4. The summed E-state index contributed by atoms with van der Waals surface area (Å²) < 4.78 is 30.2. The zero-order valence-electron chi connectivity index (χ0n) is 71.6. The minimum Gasteiger partial charge on any atom is -0.494 e. The molecule has 0 aliphatic carbocycles. The second-order valence-corrected chi connectivity index (χ2v) is 35.1. The predicted molar refractivity (Wildman–Crippen MR) is 472 cm³/mol. The fourth-order valence-corrected chi connectivity index (χ4v) is 18.1. The van der Waals surface area contributed by atoms with Gasteiger partial charge in [-0.2, -0.15) is 5.10 Å². The van der Waals surface area contributed by atoms with Gasteiger partial charge in [0.05, 0.1) is 84.6 Å². The number of anilines is 4. The van der Waals surface area contributed by atoms with Gasteiger partial charge < -0.3 is 63.5 Å². The Kier molecular flexibility index (Phi) is 30.0. The number of fused-ring (bicyclic) bond motifs is 3. The minimum absolute atomic E-state index is 0.0466. The summed E-state index contributed by atoms with van der Waals surface area (Å²) in [5.41, 5.74) is 10.0. The first-order valence-corrected chi connectivity index (χ1v) is 43.9. The monoisotopic (exact) mass is 1640 g/mol. The molecule has 638 valence electrons. The maximum Gasteiger partial charge on any atom is 0.410 e. The number of carbonyl (C=O) groups excluding carboxylic acids is 3. The Morgan fingerprint density at radius 1 is 0.630 bits per heavy atom. The normalized spacial score (nSPS) is 17.9. The van der Waals surface area contributed by atoms with Gasteiger partial charge in [0.25, 0.3) is 0 Å². The summed E-state index contributed by atoms with van der Waals surface area (Å²) in [6, 6.07) is 35.3. The summed E-state index contributed by atoms with van der Waals surface area (Å²) in [4.78, 5) is 90.6. The average Bonchev–Trinajstić information content (AvgIpc) is 1.38. The highest BCUT2D eigenvalue weighted by molar-refractivity contribution is 7.13. The van der Waals surface area contributed by atoms with Gasteiger partial charge >= 0.3 is 18.0 Å². The van der Waals surface area contributed by atoms with Crippen LogP contribution in [-0.2, 0) is 35.1 Å². The van der Waals surface area contributed by atoms with Crippen molar-refractivity contribution in [1.29, 1.82) is 0 Å². The quantitative estimate of drug-likeness (QED) is 0.0534.